The molecule has 10 heteroatoms. The van der Waals surface area contributed by atoms with Crippen LogP contribution in [0.5, 0.6) is 0 Å². The highest BCUT2D eigenvalue weighted by Gasteiger charge is 2.34. The number of hydrogen-bond acceptors (Lipinski definition) is 8. The van der Waals surface area contributed by atoms with Crippen LogP contribution in [-0.4, -0.2) is 51.9 Å². The Morgan fingerprint density at radius 2 is 2.00 bits per heavy atom. The molecule has 2 aliphatic heterocycles. The molecule has 0 aliphatic carbocycles. The number of ether oxygens (including phenoxy) is 1. The summed E-state index contributed by atoms with van der Waals surface area (Å²) in [5.41, 5.74) is 0.939. The van der Waals surface area contributed by atoms with Crippen molar-refractivity contribution in [1.29, 1.82) is 5.26 Å². The number of nitriles is 1. The van der Waals surface area contributed by atoms with Crippen molar-refractivity contribution in [1.82, 2.24) is 9.47 Å². The number of pyridine rings is 1. The lowest BCUT2D eigenvalue weighted by Gasteiger charge is -2.35. The average Bonchev–Trinajstić information content (AvgIpc) is 3.13. The molecule has 1 amide bonds. The quantitative estimate of drug-likeness (QED) is 0.205. The van der Waals surface area contributed by atoms with Crippen molar-refractivity contribution in [2.24, 2.45) is 5.92 Å². The van der Waals surface area contributed by atoms with Gasteiger partial charge in [-0.1, -0.05) is 43.4 Å². The molecule has 0 bridgehead atoms. The molecule has 1 aromatic rings. The molecule has 0 saturated carbocycles. The largest absolute Gasteiger partial charge is 0.466 e. The van der Waals surface area contributed by atoms with Gasteiger partial charge in [0.25, 0.3) is 11.5 Å². The van der Waals surface area contributed by atoms with Gasteiger partial charge < -0.3 is 9.64 Å². The normalized spacial score (nSPS) is 17.6. The van der Waals surface area contributed by atoms with E-state index in [9.17, 15) is 19.6 Å². The van der Waals surface area contributed by atoms with Crippen LogP contribution in [0.25, 0.3) is 6.08 Å². The van der Waals surface area contributed by atoms with Gasteiger partial charge in [-0.25, -0.2) is 0 Å². The number of piperidine rings is 1. The van der Waals surface area contributed by atoms with E-state index in [1.165, 1.54) is 16.7 Å². The number of aromatic nitrogens is 1. The molecule has 8 nitrogen and oxygen atoms in total. The van der Waals surface area contributed by atoms with Crippen LogP contribution in [0.1, 0.15) is 56.2 Å². The minimum atomic E-state index is -0.331. The first-order chi connectivity index (χ1) is 17.3. The van der Waals surface area contributed by atoms with Gasteiger partial charge in [-0.05, 0) is 44.7 Å². The summed E-state index contributed by atoms with van der Waals surface area (Å²) >= 11 is 6.60. The number of esters is 1. The molecule has 3 heterocycles. The third kappa shape index (κ3) is 5.57. The zero-order valence-corrected chi connectivity index (χ0v) is 22.7. The predicted molar refractivity (Wildman–Crippen MR) is 147 cm³/mol. The van der Waals surface area contributed by atoms with Gasteiger partial charge in [0.15, 0.2) is 0 Å². The van der Waals surface area contributed by atoms with Crippen molar-refractivity contribution in [3.05, 3.63) is 44.6 Å². The highest BCUT2D eigenvalue weighted by molar-refractivity contribution is 8.26. The van der Waals surface area contributed by atoms with Gasteiger partial charge in [0.05, 0.1) is 17.4 Å². The maximum Gasteiger partial charge on any atom is 0.309 e. The Morgan fingerprint density at radius 1 is 1.31 bits per heavy atom. The standard InChI is InChI=1S/C26H32N4O4S2/c1-5-8-12-29-22(28-13-9-18(10-14-28)25(33)34-7-3)19(17(4)20(16-27)23(29)31)15-21-24(32)30(11-6-2)26(35)36-21/h6,15,18H,2,5,7-14H2,1,3-4H3. The summed E-state index contributed by atoms with van der Waals surface area (Å²) in [7, 11) is 0. The van der Waals surface area contributed by atoms with Crippen molar-refractivity contribution in [2.75, 3.05) is 31.1 Å². The summed E-state index contributed by atoms with van der Waals surface area (Å²) in [6.45, 7) is 11.5. The van der Waals surface area contributed by atoms with Crippen molar-refractivity contribution in [3.8, 4) is 6.07 Å². The Bertz CT molecular complexity index is 1190. The molecule has 2 saturated heterocycles. The van der Waals surface area contributed by atoms with E-state index in [4.69, 9.17) is 17.0 Å². The first-order valence-corrected chi connectivity index (χ1v) is 13.5. The summed E-state index contributed by atoms with van der Waals surface area (Å²) in [5.74, 6) is 0.0834. The summed E-state index contributed by atoms with van der Waals surface area (Å²) in [6.07, 6.45) is 6.22. The number of thiocarbonyl (C=S) groups is 1. The molecular weight excluding hydrogens is 496 g/mol. The lowest BCUT2D eigenvalue weighted by atomic mass is 9.95. The number of unbranched alkanes of at least 4 members (excludes halogenated alkanes) is 1. The minimum absolute atomic E-state index is 0.0732. The first-order valence-electron chi connectivity index (χ1n) is 12.2. The topological polar surface area (TPSA) is 95.6 Å². The predicted octanol–water partition coefficient (Wildman–Crippen LogP) is 4.00. The minimum Gasteiger partial charge on any atom is -0.466 e. The molecule has 192 valence electrons. The van der Waals surface area contributed by atoms with Crippen LogP contribution in [0.2, 0.25) is 0 Å². The smallest absolute Gasteiger partial charge is 0.309 e. The first kappa shape index (κ1) is 27.7. The van der Waals surface area contributed by atoms with Gasteiger partial charge in [0, 0.05) is 31.7 Å². The Hall–Kier alpha value is -2.90. The molecule has 1 aromatic heterocycles. The average molecular weight is 529 g/mol. The molecule has 2 aliphatic rings. The van der Waals surface area contributed by atoms with E-state index in [-0.39, 0.29) is 28.9 Å². The molecule has 0 atom stereocenters. The number of carbonyl (C=O) groups is 2. The van der Waals surface area contributed by atoms with Gasteiger partial charge >= 0.3 is 5.97 Å². The fraction of sp³-hybridized carbons (Fsp3) is 0.500. The molecule has 2 fully saturated rings. The summed E-state index contributed by atoms with van der Waals surface area (Å²) in [5, 5.41) is 9.83. The number of thioether (sulfide) groups is 1. The van der Waals surface area contributed by atoms with Gasteiger partial charge in [-0.3, -0.25) is 23.9 Å². The molecule has 0 unspecified atom stereocenters. The highest BCUT2D eigenvalue weighted by Crippen LogP contribution is 2.37. The third-order valence-electron chi connectivity index (χ3n) is 6.46. The van der Waals surface area contributed by atoms with Gasteiger partial charge in [0.2, 0.25) is 0 Å². The van der Waals surface area contributed by atoms with Crippen molar-refractivity contribution < 1.29 is 14.3 Å². The fourth-order valence-corrected chi connectivity index (χ4v) is 5.77. The van der Waals surface area contributed by atoms with Gasteiger partial charge in [-0.2, -0.15) is 5.26 Å². The zero-order chi connectivity index (χ0) is 26.4. The summed E-state index contributed by atoms with van der Waals surface area (Å²) < 4.78 is 7.32. The zero-order valence-electron chi connectivity index (χ0n) is 21.0. The van der Waals surface area contributed by atoms with Crippen LogP contribution in [0, 0.1) is 24.2 Å². The van der Waals surface area contributed by atoms with Crippen LogP contribution < -0.4 is 10.5 Å². The fourth-order valence-electron chi connectivity index (χ4n) is 4.51. The van der Waals surface area contributed by atoms with Crippen molar-refractivity contribution in [2.45, 2.75) is 53.0 Å². The van der Waals surface area contributed by atoms with Crippen molar-refractivity contribution in [3.63, 3.8) is 0 Å². The maximum atomic E-state index is 13.4. The Balaban J connectivity index is 2.14. The van der Waals surface area contributed by atoms with E-state index in [0.29, 0.717) is 71.8 Å². The highest BCUT2D eigenvalue weighted by atomic mass is 32.2. The Labute approximate surface area is 221 Å². The van der Waals surface area contributed by atoms with E-state index < -0.39 is 0 Å². The Kier molecular flexibility index (Phi) is 9.51. The lowest BCUT2D eigenvalue weighted by molar-refractivity contribution is -0.148. The molecule has 0 radical (unpaired) electrons. The molecule has 0 aromatic carbocycles. The molecule has 36 heavy (non-hydrogen) atoms. The number of anilines is 1. The van der Waals surface area contributed by atoms with Crippen LogP contribution in [0.4, 0.5) is 5.82 Å². The number of hydrogen-bond donors (Lipinski definition) is 0. The van der Waals surface area contributed by atoms with Crippen molar-refractivity contribution >= 4 is 52.1 Å². The van der Waals surface area contributed by atoms with Gasteiger partial charge in [-0.15, -0.1) is 6.58 Å². The van der Waals surface area contributed by atoms with Crippen LogP contribution in [0.3, 0.4) is 0 Å². The molecule has 3 rings (SSSR count). The summed E-state index contributed by atoms with van der Waals surface area (Å²) in [4.78, 5) is 42.8. The Morgan fingerprint density at radius 3 is 2.58 bits per heavy atom. The summed E-state index contributed by atoms with van der Waals surface area (Å²) in [6, 6.07) is 2.08. The molecular formula is C26H32N4O4S2. The van der Waals surface area contributed by atoms with E-state index in [1.807, 2.05) is 6.92 Å². The van der Waals surface area contributed by atoms with E-state index in [2.05, 4.69) is 17.5 Å². The monoisotopic (exact) mass is 528 g/mol. The van der Waals surface area contributed by atoms with Gasteiger partial charge in [0.1, 0.15) is 21.8 Å². The lowest BCUT2D eigenvalue weighted by Crippen LogP contribution is -2.41. The maximum absolute atomic E-state index is 13.4. The number of nitrogens with zero attached hydrogens (tertiary/aromatic N) is 4. The molecule has 0 N–H and O–H groups in total. The second-order valence-electron chi connectivity index (χ2n) is 8.75. The third-order valence-corrected chi connectivity index (χ3v) is 7.83. The molecule has 0 spiro atoms. The number of carbonyl (C=O) groups excluding carboxylic acids is 2. The number of rotatable bonds is 9. The van der Waals surface area contributed by atoms with Crippen LogP contribution >= 0.6 is 24.0 Å². The van der Waals surface area contributed by atoms with Crippen LogP contribution in [-0.2, 0) is 20.9 Å². The second-order valence-corrected chi connectivity index (χ2v) is 10.4. The second kappa shape index (κ2) is 12.4. The van der Waals surface area contributed by atoms with E-state index in [1.54, 1.807) is 30.6 Å². The van der Waals surface area contributed by atoms with Crippen LogP contribution in [0.15, 0.2) is 22.4 Å². The van der Waals surface area contributed by atoms with E-state index in [0.717, 1.165) is 12.8 Å². The number of amides is 1. The van der Waals surface area contributed by atoms with E-state index >= 15 is 0 Å². The SMILES string of the molecule is C=CCN1C(=O)C(=Cc2c(C)c(C#N)c(=O)n(CCCC)c2N2CCC(C(=O)OCC)CC2)SC1=S.